The van der Waals surface area contributed by atoms with Crippen LogP contribution in [-0.2, 0) is 31.9 Å². The molecule has 0 unspecified atom stereocenters. The molecule has 1 aliphatic carbocycles. The smallest absolute Gasteiger partial charge is 0.341 e. The Kier molecular flexibility index (Phi) is 6.43. The molecule has 0 saturated carbocycles. The minimum atomic E-state index is -0.998. The molecule has 30 heavy (non-hydrogen) atoms. The molecule has 2 aliphatic heterocycles. The fraction of sp³-hybridized carbons (Fsp3) is 0.682. The van der Waals surface area contributed by atoms with Crippen molar-refractivity contribution in [3.63, 3.8) is 0 Å². The van der Waals surface area contributed by atoms with Crippen molar-refractivity contribution in [1.29, 1.82) is 0 Å². The quantitative estimate of drug-likeness (QED) is 0.683. The average Bonchev–Trinajstić information content (AvgIpc) is 3.40. The number of hydrogen-bond donors (Lipinski definition) is 2. The zero-order valence-electron chi connectivity index (χ0n) is 17.3. The molecule has 2 saturated heterocycles. The first-order chi connectivity index (χ1) is 14.5. The number of fused-ring (bicyclic) bond motifs is 3. The monoisotopic (exact) mass is 435 g/mol. The standard InChI is InChI=1S/C22H29NO6S/c1-2-28-22(27)16-12-8-6-4-3-5-7-9-15(12)30-20(16)23-19(24)17-13-10-11-14(29-13)18(17)21(25)26/h13-14,17-18H,2-11H2,1H3,(H,23,24)(H,25,26)/t13-,14-,17-,18+/m1/s1. The molecule has 8 heteroatoms. The molecule has 2 bridgehead atoms. The lowest BCUT2D eigenvalue weighted by atomic mass is 9.78. The molecule has 164 valence electrons. The van der Waals surface area contributed by atoms with Crippen molar-refractivity contribution in [2.45, 2.75) is 76.9 Å². The van der Waals surface area contributed by atoms with Gasteiger partial charge < -0.3 is 19.9 Å². The fourth-order valence-electron chi connectivity index (χ4n) is 5.12. The molecule has 3 aliphatic rings. The van der Waals surface area contributed by atoms with Crippen LogP contribution in [-0.4, -0.2) is 41.8 Å². The lowest BCUT2D eigenvalue weighted by molar-refractivity contribution is -0.147. The summed E-state index contributed by atoms with van der Waals surface area (Å²) >= 11 is 1.44. The van der Waals surface area contributed by atoms with Gasteiger partial charge >= 0.3 is 11.9 Å². The lowest BCUT2D eigenvalue weighted by Gasteiger charge is -2.23. The van der Waals surface area contributed by atoms with Gasteiger partial charge in [-0.25, -0.2) is 4.79 Å². The van der Waals surface area contributed by atoms with Gasteiger partial charge in [0.15, 0.2) is 0 Å². The van der Waals surface area contributed by atoms with Crippen LogP contribution in [0.4, 0.5) is 5.00 Å². The van der Waals surface area contributed by atoms with E-state index in [1.807, 2.05) is 0 Å². The number of amides is 1. The predicted molar refractivity (Wildman–Crippen MR) is 112 cm³/mol. The van der Waals surface area contributed by atoms with Gasteiger partial charge in [-0.2, -0.15) is 0 Å². The maximum absolute atomic E-state index is 13.2. The second-order valence-corrected chi connectivity index (χ2v) is 9.47. The van der Waals surface area contributed by atoms with Crippen molar-refractivity contribution in [3.05, 3.63) is 16.0 Å². The van der Waals surface area contributed by atoms with E-state index in [9.17, 15) is 19.5 Å². The summed E-state index contributed by atoms with van der Waals surface area (Å²) < 4.78 is 11.0. The van der Waals surface area contributed by atoms with Gasteiger partial charge in [0.2, 0.25) is 5.91 Å². The number of rotatable bonds is 5. The number of nitrogens with one attached hydrogen (secondary N) is 1. The number of hydrogen-bond acceptors (Lipinski definition) is 6. The predicted octanol–water partition coefficient (Wildman–Crippen LogP) is 3.79. The van der Waals surface area contributed by atoms with Gasteiger partial charge in [-0.15, -0.1) is 11.3 Å². The first kappa shape index (κ1) is 21.3. The van der Waals surface area contributed by atoms with Crippen LogP contribution in [0.2, 0.25) is 0 Å². The molecule has 1 aromatic heterocycles. The Hall–Kier alpha value is -1.93. The first-order valence-corrected chi connectivity index (χ1v) is 11.8. The minimum absolute atomic E-state index is 0.262. The molecular weight excluding hydrogens is 406 g/mol. The minimum Gasteiger partial charge on any atom is -0.481 e. The summed E-state index contributed by atoms with van der Waals surface area (Å²) in [5.74, 6) is -3.35. The second kappa shape index (κ2) is 9.06. The molecule has 0 aromatic carbocycles. The number of ether oxygens (including phenoxy) is 2. The number of aryl methyl sites for hydroxylation is 1. The van der Waals surface area contributed by atoms with Crippen LogP contribution in [0, 0.1) is 11.8 Å². The molecule has 4 atom stereocenters. The van der Waals surface area contributed by atoms with Crippen molar-refractivity contribution in [1.82, 2.24) is 0 Å². The number of carboxylic acids is 1. The van der Waals surface area contributed by atoms with Crippen LogP contribution < -0.4 is 5.32 Å². The molecule has 2 fully saturated rings. The highest BCUT2D eigenvalue weighted by Gasteiger charge is 2.55. The van der Waals surface area contributed by atoms with E-state index in [0.29, 0.717) is 23.4 Å². The summed E-state index contributed by atoms with van der Waals surface area (Å²) in [4.78, 5) is 38.8. The molecule has 4 rings (SSSR count). The van der Waals surface area contributed by atoms with Crippen LogP contribution >= 0.6 is 11.3 Å². The zero-order valence-corrected chi connectivity index (χ0v) is 18.1. The van der Waals surface area contributed by atoms with E-state index in [1.165, 1.54) is 17.8 Å². The van der Waals surface area contributed by atoms with Crippen LogP contribution in [0.15, 0.2) is 0 Å². The summed E-state index contributed by atoms with van der Waals surface area (Å²) in [6.45, 7) is 2.03. The SMILES string of the molecule is CCOC(=O)c1c(NC(=O)[C@H]2[C@@H](C(=O)O)[C@H]3CC[C@H]2O3)sc2c1CCCCCCC2. The van der Waals surface area contributed by atoms with Crippen molar-refractivity contribution in [3.8, 4) is 0 Å². The maximum atomic E-state index is 13.2. The van der Waals surface area contributed by atoms with Gasteiger partial charge in [-0.05, 0) is 51.0 Å². The van der Waals surface area contributed by atoms with Gasteiger partial charge in [-0.3, -0.25) is 9.59 Å². The first-order valence-electron chi connectivity index (χ1n) is 11.0. The van der Waals surface area contributed by atoms with Crippen molar-refractivity contribution in [2.24, 2.45) is 11.8 Å². The Balaban J connectivity index is 1.63. The summed E-state index contributed by atoms with van der Waals surface area (Å²) in [7, 11) is 0. The highest BCUT2D eigenvalue weighted by Crippen LogP contribution is 2.45. The van der Waals surface area contributed by atoms with Gasteiger partial charge in [0.05, 0.1) is 36.2 Å². The van der Waals surface area contributed by atoms with Crippen LogP contribution in [0.1, 0.15) is 72.7 Å². The maximum Gasteiger partial charge on any atom is 0.341 e. The van der Waals surface area contributed by atoms with Crippen LogP contribution in [0.3, 0.4) is 0 Å². The third kappa shape index (κ3) is 3.99. The van der Waals surface area contributed by atoms with E-state index in [0.717, 1.165) is 49.0 Å². The largest absolute Gasteiger partial charge is 0.481 e. The number of carbonyl (C=O) groups is 3. The van der Waals surface area contributed by atoms with Gasteiger partial charge in [0, 0.05) is 4.88 Å². The average molecular weight is 436 g/mol. The molecule has 2 N–H and O–H groups in total. The Morgan fingerprint density at radius 1 is 1.07 bits per heavy atom. The van der Waals surface area contributed by atoms with E-state index in [2.05, 4.69) is 5.32 Å². The number of anilines is 1. The van der Waals surface area contributed by atoms with E-state index < -0.39 is 29.9 Å². The Bertz CT molecular complexity index is 834. The summed E-state index contributed by atoms with van der Waals surface area (Å²) in [5.41, 5.74) is 1.46. The summed E-state index contributed by atoms with van der Waals surface area (Å²) in [6, 6.07) is 0. The number of aliphatic carboxylic acids is 1. The third-order valence-electron chi connectivity index (χ3n) is 6.50. The number of thiophene rings is 1. The Morgan fingerprint density at radius 3 is 2.43 bits per heavy atom. The molecule has 1 aromatic rings. The number of carbonyl (C=O) groups excluding carboxylic acids is 2. The lowest BCUT2D eigenvalue weighted by Crippen LogP contribution is -2.41. The molecule has 7 nitrogen and oxygen atoms in total. The van der Waals surface area contributed by atoms with Crippen LogP contribution in [0.5, 0.6) is 0 Å². The Labute approximate surface area is 180 Å². The number of esters is 1. The van der Waals surface area contributed by atoms with E-state index >= 15 is 0 Å². The highest BCUT2D eigenvalue weighted by atomic mass is 32.1. The van der Waals surface area contributed by atoms with Crippen LogP contribution in [0.25, 0.3) is 0 Å². The van der Waals surface area contributed by atoms with Crippen molar-refractivity contribution < 1.29 is 29.0 Å². The normalized spacial score (nSPS) is 28.2. The second-order valence-electron chi connectivity index (χ2n) is 8.37. The summed E-state index contributed by atoms with van der Waals surface area (Å²) in [5, 5.41) is 13.0. The van der Waals surface area contributed by atoms with Gasteiger partial charge in [-0.1, -0.05) is 19.3 Å². The van der Waals surface area contributed by atoms with E-state index in [1.54, 1.807) is 6.92 Å². The summed E-state index contributed by atoms with van der Waals surface area (Å²) in [6.07, 6.45) is 7.83. The number of carboxylic acid groups (broad SMARTS) is 1. The highest BCUT2D eigenvalue weighted by molar-refractivity contribution is 7.17. The van der Waals surface area contributed by atoms with E-state index in [4.69, 9.17) is 9.47 Å². The third-order valence-corrected chi connectivity index (χ3v) is 7.71. The van der Waals surface area contributed by atoms with Crippen molar-refractivity contribution in [2.75, 3.05) is 11.9 Å². The van der Waals surface area contributed by atoms with Crippen molar-refractivity contribution >= 4 is 34.2 Å². The Morgan fingerprint density at radius 2 is 1.73 bits per heavy atom. The van der Waals surface area contributed by atoms with Gasteiger partial charge in [0.1, 0.15) is 5.00 Å². The topological polar surface area (TPSA) is 102 Å². The zero-order chi connectivity index (χ0) is 21.3. The van der Waals surface area contributed by atoms with E-state index in [-0.39, 0.29) is 18.6 Å². The molecule has 0 spiro atoms. The van der Waals surface area contributed by atoms with Gasteiger partial charge in [0.25, 0.3) is 0 Å². The fourth-order valence-corrected chi connectivity index (χ4v) is 6.40. The molecule has 0 radical (unpaired) electrons. The molecule has 1 amide bonds. The molecule has 3 heterocycles. The molecular formula is C22H29NO6S.